The van der Waals surface area contributed by atoms with E-state index >= 15 is 0 Å². The second kappa shape index (κ2) is 8.83. The molecule has 1 aromatic heterocycles. The molecule has 0 radical (unpaired) electrons. The normalized spacial score (nSPS) is 16.5. The summed E-state index contributed by atoms with van der Waals surface area (Å²) >= 11 is 0. The zero-order chi connectivity index (χ0) is 21.0. The molecule has 0 aliphatic carbocycles. The van der Waals surface area contributed by atoms with Crippen molar-refractivity contribution in [3.63, 3.8) is 0 Å². The van der Waals surface area contributed by atoms with Gasteiger partial charge in [0.1, 0.15) is 11.5 Å². The van der Waals surface area contributed by atoms with Crippen LogP contribution in [0.4, 0.5) is 0 Å². The topological polar surface area (TPSA) is 17.4 Å². The molecular weight excluding hydrogens is 380 g/mol. The third kappa shape index (κ3) is 4.42. The highest BCUT2D eigenvalue weighted by Gasteiger charge is 2.27. The van der Waals surface area contributed by atoms with Crippen LogP contribution in [0.25, 0.3) is 0 Å². The smallest absolute Gasteiger partial charge is 0.127 e. The minimum atomic E-state index is 0.246. The molecule has 1 atom stereocenters. The van der Waals surface area contributed by atoms with Gasteiger partial charge in [0.2, 0.25) is 0 Å². The van der Waals surface area contributed by atoms with Gasteiger partial charge < -0.3 is 9.30 Å². The van der Waals surface area contributed by atoms with Crippen LogP contribution in [0.5, 0.6) is 11.5 Å². The van der Waals surface area contributed by atoms with Gasteiger partial charge in [-0.1, -0.05) is 60.2 Å². The highest BCUT2D eigenvalue weighted by atomic mass is 16.5. The van der Waals surface area contributed by atoms with Gasteiger partial charge >= 0.3 is 0 Å². The van der Waals surface area contributed by atoms with E-state index in [-0.39, 0.29) is 6.04 Å². The van der Waals surface area contributed by atoms with Crippen molar-refractivity contribution in [2.24, 2.45) is 0 Å². The molecule has 0 saturated carbocycles. The summed E-state index contributed by atoms with van der Waals surface area (Å²) in [7, 11) is 0. The van der Waals surface area contributed by atoms with E-state index in [1.54, 1.807) is 0 Å². The van der Waals surface area contributed by atoms with Crippen molar-refractivity contribution < 1.29 is 4.74 Å². The molecule has 2 heterocycles. The summed E-state index contributed by atoms with van der Waals surface area (Å²) in [6.45, 7) is 5.19. The van der Waals surface area contributed by atoms with Crippen LogP contribution in [0.1, 0.15) is 34.8 Å². The van der Waals surface area contributed by atoms with Crippen LogP contribution in [0.2, 0.25) is 0 Å². The molecule has 0 unspecified atom stereocenters. The zero-order valence-corrected chi connectivity index (χ0v) is 17.9. The predicted octanol–water partition coefficient (Wildman–Crippen LogP) is 6.58. The van der Waals surface area contributed by atoms with Gasteiger partial charge in [-0.25, -0.2) is 0 Å². The number of rotatable bonds is 5. The number of benzene rings is 3. The number of aromatic nitrogens is 1. The first-order valence-corrected chi connectivity index (χ1v) is 11.0. The van der Waals surface area contributed by atoms with Crippen LogP contribution >= 0.6 is 0 Å². The number of para-hydroxylation sites is 1. The predicted molar refractivity (Wildman–Crippen MR) is 125 cm³/mol. The molecule has 0 amide bonds. The molecule has 3 aromatic carbocycles. The standard InChI is InChI=1S/C28H28N2O/c1-22-9-5-11-24(19-22)28-27-15-7-16-29(27)17-8-18-30(28)21-23-10-6-14-26(20-23)31-25-12-3-2-4-13-25/h2-7,9-16,19-20,28H,8,17-18,21H2,1H3/t28-/m1/s1. The van der Waals surface area contributed by atoms with Crippen LogP contribution in [0, 0.1) is 6.92 Å². The number of ether oxygens (including phenoxy) is 1. The molecule has 4 aromatic rings. The first-order chi connectivity index (χ1) is 15.3. The third-order valence-corrected chi connectivity index (χ3v) is 5.98. The Hall–Kier alpha value is -3.30. The van der Waals surface area contributed by atoms with Gasteiger partial charge in [0, 0.05) is 31.5 Å². The molecule has 0 fully saturated rings. The molecular formula is C28H28N2O. The van der Waals surface area contributed by atoms with Gasteiger partial charge in [0.25, 0.3) is 0 Å². The number of hydrogen-bond acceptors (Lipinski definition) is 2. The number of hydrogen-bond donors (Lipinski definition) is 0. The van der Waals surface area contributed by atoms with Crippen molar-refractivity contribution in [1.29, 1.82) is 0 Å². The Morgan fingerprint density at radius 3 is 2.52 bits per heavy atom. The zero-order valence-electron chi connectivity index (χ0n) is 17.9. The average Bonchev–Trinajstić information content (AvgIpc) is 3.16. The third-order valence-electron chi connectivity index (χ3n) is 5.98. The molecule has 31 heavy (non-hydrogen) atoms. The fourth-order valence-electron chi connectivity index (χ4n) is 4.60. The summed E-state index contributed by atoms with van der Waals surface area (Å²) in [6.07, 6.45) is 3.36. The van der Waals surface area contributed by atoms with Gasteiger partial charge in [0.15, 0.2) is 0 Å². The number of aryl methyl sites for hydroxylation is 2. The lowest BCUT2D eigenvalue weighted by molar-refractivity contribution is 0.220. The summed E-state index contributed by atoms with van der Waals surface area (Å²) < 4.78 is 8.50. The van der Waals surface area contributed by atoms with Crippen LogP contribution in [0.15, 0.2) is 97.2 Å². The SMILES string of the molecule is Cc1cccc([C@@H]2c3cccn3CCCN2Cc2cccc(Oc3ccccc3)c2)c1. The minimum absolute atomic E-state index is 0.246. The summed E-state index contributed by atoms with van der Waals surface area (Å²) in [5.41, 5.74) is 5.31. The molecule has 0 spiro atoms. The van der Waals surface area contributed by atoms with Crippen molar-refractivity contribution in [2.75, 3.05) is 6.54 Å². The van der Waals surface area contributed by atoms with E-state index in [0.717, 1.165) is 37.6 Å². The van der Waals surface area contributed by atoms with Crippen molar-refractivity contribution in [1.82, 2.24) is 9.47 Å². The molecule has 3 heteroatoms. The minimum Gasteiger partial charge on any atom is -0.457 e. The molecule has 156 valence electrons. The molecule has 0 saturated heterocycles. The molecule has 1 aliphatic rings. The highest BCUT2D eigenvalue weighted by molar-refractivity contribution is 5.36. The van der Waals surface area contributed by atoms with Crippen LogP contribution in [-0.2, 0) is 13.1 Å². The summed E-state index contributed by atoms with van der Waals surface area (Å²) in [6, 6.07) is 32.1. The Morgan fingerprint density at radius 2 is 1.65 bits per heavy atom. The van der Waals surface area contributed by atoms with E-state index in [4.69, 9.17) is 4.74 Å². The van der Waals surface area contributed by atoms with Crippen molar-refractivity contribution in [2.45, 2.75) is 32.5 Å². The summed E-state index contributed by atoms with van der Waals surface area (Å²) in [4.78, 5) is 2.61. The Kier molecular flexibility index (Phi) is 5.59. The van der Waals surface area contributed by atoms with E-state index in [2.05, 4.69) is 77.2 Å². The Morgan fingerprint density at radius 1 is 0.806 bits per heavy atom. The van der Waals surface area contributed by atoms with Crippen molar-refractivity contribution >= 4 is 0 Å². The van der Waals surface area contributed by atoms with Gasteiger partial charge in [-0.3, -0.25) is 4.90 Å². The second-order valence-electron chi connectivity index (χ2n) is 8.33. The maximum Gasteiger partial charge on any atom is 0.127 e. The van der Waals surface area contributed by atoms with Gasteiger partial charge in [-0.2, -0.15) is 0 Å². The largest absolute Gasteiger partial charge is 0.457 e. The highest BCUT2D eigenvalue weighted by Crippen LogP contribution is 2.34. The lowest BCUT2D eigenvalue weighted by Crippen LogP contribution is -2.29. The summed E-state index contributed by atoms with van der Waals surface area (Å²) in [5, 5.41) is 0. The fraction of sp³-hybridized carbons (Fsp3) is 0.214. The monoisotopic (exact) mass is 408 g/mol. The van der Waals surface area contributed by atoms with E-state index in [9.17, 15) is 0 Å². The molecule has 0 N–H and O–H groups in total. The van der Waals surface area contributed by atoms with Crippen LogP contribution in [0.3, 0.4) is 0 Å². The van der Waals surface area contributed by atoms with Gasteiger partial charge in [-0.05, 0) is 60.9 Å². The molecule has 1 aliphatic heterocycles. The second-order valence-corrected chi connectivity index (χ2v) is 8.33. The van der Waals surface area contributed by atoms with E-state index in [0.29, 0.717) is 0 Å². The van der Waals surface area contributed by atoms with E-state index < -0.39 is 0 Å². The fourth-order valence-corrected chi connectivity index (χ4v) is 4.60. The molecule has 0 bridgehead atoms. The van der Waals surface area contributed by atoms with Gasteiger partial charge in [0.05, 0.1) is 6.04 Å². The Balaban J connectivity index is 1.45. The van der Waals surface area contributed by atoms with Gasteiger partial charge in [-0.15, -0.1) is 0 Å². The molecule has 5 rings (SSSR count). The average molecular weight is 409 g/mol. The van der Waals surface area contributed by atoms with Crippen molar-refractivity contribution in [3.8, 4) is 11.5 Å². The maximum absolute atomic E-state index is 6.08. The lowest BCUT2D eigenvalue weighted by atomic mass is 9.99. The Labute approximate surface area is 184 Å². The summed E-state index contributed by atoms with van der Waals surface area (Å²) in [5.74, 6) is 1.75. The van der Waals surface area contributed by atoms with Crippen molar-refractivity contribution in [3.05, 3.63) is 120 Å². The van der Waals surface area contributed by atoms with Crippen LogP contribution in [-0.4, -0.2) is 16.0 Å². The Bertz CT molecular complexity index is 1150. The van der Waals surface area contributed by atoms with E-state index in [1.807, 2.05) is 36.4 Å². The molecule has 3 nitrogen and oxygen atoms in total. The lowest BCUT2D eigenvalue weighted by Gasteiger charge is -2.31. The number of fused-ring (bicyclic) bond motifs is 1. The maximum atomic E-state index is 6.08. The first kappa shape index (κ1) is 19.7. The number of nitrogens with zero attached hydrogens (tertiary/aromatic N) is 2. The first-order valence-electron chi connectivity index (χ1n) is 11.0. The van der Waals surface area contributed by atoms with E-state index in [1.165, 1.54) is 22.4 Å². The quantitative estimate of drug-likeness (QED) is 0.371. The van der Waals surface area contributed by atoms with Crippen LogP contribution < -0.4 is 4.74 Å².